The average molecular weight is 544 g/mol. The third-order valence-corrected chi connectivity index (χ3v) is 6.32. The number of carbonyl (C=O) groups is 2. The van der Waals surface area contributed by atoms with Crippen molar-refractivity contribution in [1.29, 1.82) is 0 Å². The topological polar surface area (TPSA) is 88.9 Å². The van der Waals surface area contributed by atoms with Crippen LogP contribution in [0.3, 0.4) is 0 Å². The maximum absolute atomic E-state index is 13.6. The van der Waals surface area contributed by atoms with E-state index >= 15 is 0 Å². The molecule has 1 aliphatic carbocycles. The van der Waals surface area contributed by atoms with Crippen molar-refractivity contribution in [2.45, 2.75) is 32.9 Å². The van der Waals surface area contributed by atoms with E-state index in [9.17, 15) is 22.8 Å². The lowest BCUT2D eigenvalue weighted by molar-refractivity contribution is -0.137. The Morgan fingerprint density at radius 1 is 0.975 bits per heavy atom. The molecule has 0 bridgehead atoms. The first-order valence-electron chi connectivity index (χ1n) is 12.5. The molecule has 2 amide bonds. The van der Waals surface area contributed by atoms with Crippen LogP contribution in [0.1, 0.15) is 51.1 Å². The Bertz CT molecular complexity index is 1660. The number of halogens is 3. The number of nitrogens with zero attached hydrogens (tertiary/aromatic N) is 3. The molecule has 0 radical (unpaired) electrons. The minimum absolute atomic E-state index is 0.00525. The lowest BCUT2D eigenvalue weighted by atomic mass is 10.0. The number of hydrogen-bond donors (Lipinski definition) is 2. The number of rotatable bonds is 5. The summed E-state index contributed by atoms with van der Waals surface area (Å²) in [4.78, 5) is 33.2. The van der Waals surface area contributed by atoms with Gasteiger partial charge in [0.2, 0.25) is 5.91 Å². The molecule has 2 aromatic heterocycles. The molecule has 202 valence electrons. The van der Waals surface area contributed by atoms with Gasteiger partial charge in [0, 0.05) is 46.4 Å². The average Bonchev–Trinajstić information content (AvgIpc) is 3.68. The van der Waals surface area contributed by atoms with Gasteiger partial charge in [-0.2, -0.15) is 13.2 Å². The van der Waals surface area contributed by atoms with Crippen LogP contribution in [0.5, 0.6) is 0 Å². The summed E-state index contributed by atoms with van der Waals surface area (Å²) in [7, 11) is 0. The molecule has 0 saturated heterocycles. The Morgan fingerprint density at radius 2 is 1.77 bits per heavy atom. The summed E-state index contributed by atoms with van der Waals surface area (Å²) < 4.78 is 42.2. The number of anilines is 2. The summed E-state index contributed by atoms with van der Waals surface area (Å²) in [5.74, 6) is 5.94. The number of carbonyl (C=O) groups excluding carboxylic acids is 2. The summed E-state index contributed by atoms with van der Waals surface area (Å²) in [6.45, 7) is 3.57. The number of alkyl halides is 3. The van der Waals surface area contributed by atoms with Crippen molar-refractivity contribution in [2.75, 3.05) is 10.6 Å². The monoisotopic (exact) mass is 543 g/mol. The second-order valence-electron chi connectivity index (χ2n) is 9.62. The smallest absolute Gasteiger partial charge is 0.322 e. The normalized spacial score (nSPS) is 12.8. The Kier molecular flexibility index (Phi) is 7.13. The highest BCUT2D eigenvalue weighted by Gasteiger charge is 2.32. The van der Waals surface area contributed by atoms with Crippen LogP contribution in [-0.4, -0.2) is 26.3 Å². The molecule has 0 aliphatic heterocycles. The van der Waals surface area contributed by atoms with E-state index in [0.717, 1.165) is 30.5 Å². The molecule has 1 aliphatic rings. The summed E-state index contributed by atoms with van der Waals surface area (Å²) in [5.41, 5.74) is 2.22. The maximum atomic E-state index is 13.6. The standard InChI is InChI=1S/C30H24F3N5O2/c1-18-3-6-23(11-22(18)7-4-20-5-10-27(34-15-20)37-28(39)21-8-9-21)29(40)36-25-12-24(30(31,32)33)13-26(14-25)38-16-19(2)35-17-38/h3,5-6,10-17,21H,8-9H2,1-2H3,(H,36,40)(H,34,37,39). The van der Waals surface area contributed by atoms with E-state index in [0.29, 0.717) is 22.6 Å². The molecule has 40 heavy (non-hydrogen) atoms. The molecule has 0 atom stereocenters. The molecule has 7 nitrogen and oxygen atoms in total. The van der Waals surface area contributed by atoms with Gasteiger partial charge in [-0.1, -0.05) is 17.9 Å². The number of nitrogens with one attached hydrogen (secondary N) is 2. The van der Waals surface area contributed by atoms with E-state index in [-0.39, 0.29) is 28.8 Å². The summed E-state index contributed by atoms with van der Waals surface area (Å²) in [5, 5.41) is 5.35. The number of aromatic nitrogens is 3. The second-order valence-corrected chi connectivity index (χ2v) is 9.62. The van der Waals surface area contributed by atoms with Crippen molar-refractivity contribution in [3.05, 3.63) is 101 Å². The molecule has 1 saturated carbocycles. The highest BCUT2D eigenvalue weighted by atomic mass is 19.4. The van der Waals surface area contributed by atoms with Crippen molar-refractivity contribution >= 4 is 23.3 Å². The minimum Gasteiger partial charge on any atom is -0.322 e. The van der Waals surface area contributed by atoms with Gasteiger partial charge in [-0.15, -0.1) is 0 Å². The zero-order valence-corrected chi connectivity index (χ0v) is 21.6. The third-order valence-electron chi connectivity index (χ3n) is 6.32. The Morgan fingerprint density at radius 3 is 2.42 bits per heavy atom. The van der Waals surface area contributed by atoms with E-state index in [4.69, 9.17) is 0 Å². The zero-order chi connectivity index (χ0) is 28.4. The maximum Gasteiger partial charge on any atom is 0.416 e. The highest BCUT2D eigenvalue weighted by molar-refractivity contribution is 6.04. The quantitative estimate of drug-likeness (QED) is 0.307. The fourth-order valence-corrected chi connectivity index (χ4v) is 3.91. The van der Waals surface area contributed by atoms with Crippen LogP contribution >= 0.6 is 0 Å². The highest BCUT2D eigenvalue weighted by Crippen LogP contribution is 2.33. The largest absolute Gasteiger partial charge is 0.416 e. The van der Waals surface area contributed by atoms with Crippen LogP contribution in [0.15, 0.2) is 67.3 Å². The van der Waals surface area contributed by atoms with Gasteiger partial charge in [0.05, 0.1) is 17.6 Å². The van der Waals surface area contributed by atoms with Crippen molar-refractivity contribution in [3.8, 4) is 17.5 Å². The molecule has 5 rings (SSSR count). The van der Waals surface area contributed by atoms with Crippen LogP contribution in [0.2, 0.25) is 0 Å². The fraction of sp³-hybridized carbons (Fsp3) is 0.200. The van der Waals surface area contributed by atoms with Gasteiger partial charge in [0.1, 0.15) is 5.82 Å². The second kappa shape index (κ2) is 10.7. The number of hydrogen-bond acceptors (Lipinski definition) is 4. The van der Waals surface area contributed by atoms with Crippen LogP contribution < -0.4 is 10.6 Å². The van der Waals surface area contributed by atoms with Crippen LogP contribution in [0.4, 0.5) is 24.7 Å². The van der Waals surface area contributed by atoms with E-state index in [1.54, 1.807) is 49.6 Å². The fourth-order valence-electron chi connectivity index (χ4n) is 3.91. The van der Waals surface area contributed by atoms with E-state index < -0.39 is 17.6 Å². The third kappa shape index (κ3) is 6.38. The Hall–Kier alpha value is -4.91. The predicted molar refractivity (Wildman–Crippen MR) is 144 cm³/mol. The Balaban J connectivity index is 1.35. The lowest BCUT2D eigenvalue weighted by Gasteiger charge is -2.14. The van der Waals surface area contributed by atoms with Gasteiger partial charge in [0.25, 0.3) is 5.91 Å². The lowest BCUT2D eigenvalue weighted by Crippen LogP contribution is -2.14. The SMILES string of the molecule is Cc1cn(-c2cc(NC(=O)c3ccc(C)c(C#Cc4ccc(NC(=O)C5CC5)nc4)c3)cc(C(F)(F)F)c2)cn1. The van der Waals surface area contributed by atoms with Gasteiger partial charge in [-0.05, 0) is 74.7 Å². The molecule has 4 aromatic rings. The number of amides is 2. The van der Waals surface area contributed by atoms with E-state index in [1.165, 1.54) is 17.0 Å². The molecule has 0 unspecified atom stereocenters. The van der Waals surface area contributed by atoms with Crippen molar-refractivity contribution in [1.82, 2.24) is 14.5 Å². The van der Waals surface area contributed by atoms with Crippen LogP contribution in [-0.2, 0) is 11.0 Å². The number of imidazole rings is 1. The van der Waals surface area contributed by atoms with Crippen molar-refractivity contribution in [3.63, 3.8) is 0 Å². The molecule has 2 heterocycles. The van der Waals surface area contributed by atoms with Gasteiger partial charge < -0.3 is 15.2 Å². The number of aryl methyl sites for hydroxylation is 2. The predicted octanol–water partition coefficient (Wildman–Crippen LogP) is 5.90. The number of benzene rings is 2. The van der Waals surface area contributed by atoms with E-state index in [2.05, 4.69) is 32.4 Å². The molecule has 2 aromatic carbocycles. The Labute approximate surface area is 228 Å². The number of pyridine rings is 1. The van der Waals surface area contributed by atoms with Gasteiger partial charge in [-0.3, -0.25) is 9.59 Å². The zero-order valence-electron chi connectivity index (χ0n) is 21.6. The summed E-state index contributed by atoms with van der Waals surface area (Å²) in [6, 6.07) is 11.7. The molecule has 10 heteroatoms. The van der Waals surface area contributed by atoms with Crippen LogP contribution in [0, 0.1) is 31.6 Å². The van der Waals surface area contributed by atoms with Gasteiger partial charge >= 0.3 is 6.18 Å². The van der Waals surface area contributed by atoms with Gasteiger partial charge in [0.15, 0.2) is 0 Å². The molecule has 1 fully saturated rings. The first kappa shape index (κ1) is 26.7. The van der Waals surface area contributed by atoms with Crippen molar-refractivity contribution < 1.29 is 22.8 Å². The summed E-state index contributed by atoms with van der Waals surface area (Å²) >= 11 is 0. The van der Waals surface area contributed by atoms with Crippen LogP contribution in [0.25, 0.3) is 5.69 Å². The van der Waals surface area contributed by atoms with E-state index in [1.807, 2.05) is 6.92 Å². The first-order valence-corrected chi connectivity index (χ1v) is 12.5. The summed E-state index contributed by atoms with van der Waals surface area (Å²) in [6.07, 6.45) is 1.76. The van der Waals surface area contributed by atoms with Gasteiger partial charge in [-0.25, -0.2) is 9.97 Å². The molecule has 0 spiro atoms. The first-order chi connectivity index (χ1) is 19.0. The molecular weight excluding hydrogens is 519 g/mol. The molecular formula is C30H24F3N5O2. The molecule has 2 N–H and O–H groups in total. The van der Waals surface area contributed by atoms with Crippen molar-refractivity contribution in [2.24, 2.45) is 5.92 Å². The minimum atomic E-state index is -4.60.